The van der Waals surface area contributed by atoms with E-state index in [1.54, 1.807) is 0 Å². The highest BCUT2D eigenvalue weighted by molar-refractivity contribution is 5.83. The third-order valence-electron chi connectivity index (χ3n) is 3.74. The molecule has 0 amide bonds. The largest absolute Gasteiger partial charge is 0.309 e. The van der Waals surface area contributed by atoms with Crippen LogP contribution in [0.4, 0.5) is 0 Å². The molecular weight excluding hydrogens is 258 g/mol. The maximum Gasteiger partial charge on any atom is 0.0708 e. The maximum atomic E-state index is 4.62. The van der Waals surface area contributed by atoms with Gasteiger partial charge in [0.1, 0.15) is 0 Å². The molecule has 3 rings (SSSR count). The van der Waals surface area contributed by atoms with Crippen molar-refractivity contribution < 1.29 is 0 Å². The molecule has 0 fully saturated rings. The van der Waals surface area contributed by atoms with Crippen molar-refractivity contribution in [2.45, 2.75) is 19.9 Å². The van der Waals surface area contributed by atoms with Crippen LogP contribution >= 0.6 is 0 Å². The number of para-hydroxylation sites is 1. The molecule has 0 saturated carbocycles. The number of hydrogen-bond acceptors (Lipinski definition) is 3. The van der Waals surface area contributed by atoms with Crippen molar-refractivity contribution in [1.82, 2.24) is 15.3 Å². The zero-order valence-corrected chi connectivity index (χ0v) is 12.6. The number of aromatic nitrogens is 2. The van der Waals surface area contributed by atoms with Crippen molar-refractivity contribution in [2.75, 3.05) is 7.05 Å². The fourth-order valence-electron chi connectivity index (χ4n) is 2.73. The summed E-state index contributed by atoms with van der Waals surface area (Å²) in [6, 6.07) is 14.7. The van der Waals surface area contributed by atoms with Crippen LogP contribution in [0.25, 0.3) is 10.9 Å². The van der Waals surface area contributed by atoms with E-state index >= 15 is 0 Å². The summed E-state index contributed by atoms with van der Waals surface area (Å²) in [5.74, 6) is 0. The third-order valence-corrected chi connectivity index (χ3v) is 3.74. The Balaban J connectivity index is 2.19. The van der Waals surface area contributed by atoms with Crippen LogP contribution in [0.2, 0.25) is 0 Å². The second-order valence-electron chi connectivity index (χ2n) is 5.32. The van der Waals surface area contributed by atoms with Gasteiger partial charge in [-0.05, 0) is 50.2 Å². The van der Waals surface area contributed by atoms with Gasteiger partial charge in [0, 0.05) is 23.0 Å². The highest BCUT2D eigenvalue weighted by Crippen LogP contribution is 2.28. The summed E-state index contributed by atoms with van der Waals surface area (Å²) >= 11 is 0. The molecule has 1 N–H and O–H groups in total. The minimum atomic E-state index is 0.115. The van der Waals surface area contributed by atoms with Crippen LogP contribution in [0.1, 0.15) is 28.6 Å². The predicted molar refractivity (Wildman–Crippen MR) is 86.4 cm³/mol. The summed E-state index contributed by atoms with van der Waals surface area (Å²) in [4.78, 5) is 9.04. The molecule has 1 atom stereocenters. The predicted octanol–water partition coefficient (Wildman–Crippen LogP) is 3.56. The first-order valence-corrected chi connectivity index (χ1v) is 7.15. The number of aryl methyl sites for hydroxylation is 2. The van der Waals surface area contributed by atoms with Crippen LogP contribution < -0.4 is 5.32 Å². The smallest absolute Gasteiger partial charge is 0.0708 e. The van der Waals surface area contributed by atoms with Gasteiger partial charge in [-0.25, -0.2) is 0 Å². The van der Waals surface area contributed by atoms with Crippen LogP contribution in [-0.2, 0) is 0 Å². The lowest BCUT2D eigenvalue weighted by atomic mass is 9.96. The Bertz CT molecular complexity index is 763. The van der Waals surface area contributed by atoms with Gasteiger partial charge >= 0.3 is 0 Å². The fourth-order valence-corrected chi connectivity index (χ4v) is 2.73. The Morgan fingerprint density at radius 1 is 1.00 bits per heavy atom. The number of hydrogen-bond donors (Lipinski definition) is 1. The Kier molecular flexibility index (Phi) is 3.67. The van der Waals surface area contributed by atoms with E-state index in [9.17, 15) is 0 Å². The van der Waals surface area contributed by atoms with Gasteiger partial charge < -0.3 is 5.32 Å². The molecule has 1 aromatic carbocycles. The average molecular weight is 277 g/mol. The normalized spacial score (nSPS) is 12.5. The molecule has 3 heteroatoms. The van der Waals surface area contributed by atoms with Crippen molar-refractivity contribution in [3.63, 3.8) is 0 Å². The van der Waals surface area contributed by atoms with Crippen LogP contribution in [0.15, 0.2) is 48.7 Å². The number of nitrogens with one attached hydrogen (secondary N) is 1. The first-order chi connectivity index (χ1) is 10.2. The summed E-state index contributed by atoms with van der Waals surface area (Å²) in [6.07, 6.45) is 1.95. The molecule has 2 aromatic heterocycles. The summed E-state index contributed by atoms with van der Waals surface area (Å²) < 4.78 is 0. The second kappa shape index (κ2) is 5.62. The van der Waals surface area contributed by atoms with Crippen LogP contribution in [-0.4, -0.2) is 17.0 Å². The SMILES string of the molecule is CNC(c1ccc(C)nc1)c1cc(C)nc2ccccc12. The van der Waals surface area contributed by atoms with Crippen molar-refractivity contribution in [3.05, 3.63) is 71.2 Å². The van der Waals surface area contributed by atoms with E-state index in [0.29, 0.717) is 0 Å². The number of rotatable bonds is 3. The zero-order valence-electron chi connectivity index (χ0n) is 12.6. The Morgan fingerprint density at radius 3 is 2.52 bits per heavy atom. The molecular formula is C18H19N3. The highest BCUT2D eigenvalue weighted by atomic mass is 14.9. The number of pyridine rings is 2. The van der Waals surface area contributed by atoms with Crippen molar-refractivity contribution in [1.29, 1.82) is 0 Å². The molecule has 1 unspecified atom stereocenters. The van der Waals surface area contributed by atoms with Crippen molar-refractivity contribution >= 4 is 10.9 Å². The first kappa shape index (κ1) is 13.7. The molecule has 2 heterocycles. The third kappa shape index (κ3) is 2.65. The molecule has 0 aliphatic rings. The van der Waals surface area contributed by atoms with Gasteiger partial charge in [-0.2, -0.15) is 0 Å². The Hall–Kier alpha value is -2.26. The quantitative estimate of drug-likeness (QED) is 0.795. The Labute approximate surface area is 125 Å². The van der Waals surface area contributed by atoms with Gasteiger partial charge in [-0.3, -0.25) is 9.97 Å². The lowest BCUT2D eigenvalue weighted by Gasteiger charge is -2.19. The van der Waals surface area contributed by atoms with E-state index in [1.165, 1.54) is 16.5 Å². The van der Waals surface area contributed by atoms with Gasteiger partial charge in [0.25, 0.3) is 0 Å². The van der Waals surface area contributed by atoms with Gasteiger partial charge in [-0.15, -0.1) is 0 Å². The molecule has 0 aliphatic heterocycles. The van der Waals surface area contributed by atoms with E-state index in [-0.39, 0.29) is 6.04 Å². The molecule has 21 heavy (non-hydrogen) atoms. The van der Waals surface area contributed by atoms with E-state index in [2.05, 4.69) is 51.7 Å². The number of benzene rings is 1. The molecule has 0 aliphatic carbocycles. The second-order valence-corrected chi connectivity index (χ2v) is 5.32. The molecule has 0 radical (unpaired) electrons. The van der Waals surface area contributed by atoms with Gasteiger partial charge in [-0.1, -0.05) is 24.3 Å². The molecule has 0 spiro atoms. The fraction of sp³-hybridized carbons (Fsp3) is 0.222. The van der Waals surface area contributed by atoms with E-state index in [0.717, 1.165) is 16.9 Å². The summed E-state index contributed by atoms with van der Waals surface area (Å²) in [6.45, 7) is 4.04. The number of nitrogens with zero attached hydrogens (tertiary/aromatic N) is 2. The Morgan fingerprint density at radius 2 is 1.81 bits per heavy atom. The van der Waals surface area contributed by atoms with Crippen molar-refractivity contribution in [2.24, 2.45) is 0 Å². The molecule has 3 nitrogen and oxygen atoms in total. The highest BCUT2D eigenvalue weighted by Gasteiger charge is 2.16. The zero-order chi connectivity index (χ0) is 14.8. The lowest BCUT2D eigenvalue weighted by molar-refractivity contribution is 0.691. The van der Waals surface area contributed by atoms with E-state index in [4.69, 9.17) is 0 Å². The van der Waals surface area contributed by atoms with Gasteiger partial charge in [0.05, 0.1) is 11.6 Å². The van der Waals surface area contributed by atoms with Crippen LogP contribution in [0, 0.1) is 13.8 Å². The summed E-state index contributed by atoms with van der Waals surface area (Å²) in [5, 5.41) is 4.59. The minimum absolute atomic E-state index is 0.115. The standard InChI is InChI=1S/C18H19N3/c1-12-8-9-14(11-20-12)18(19-3)16-10-13(2)21-17-7-5-4-6-15(16)17/h4-11,18-19H,1-3H3. The molecule has 0 bridgehead atoms. The summed E-state index contributed by atoms with van der Waals surface area (Å²) in [5.41, 5.74) is 5.51. The topological polar surface area (TPSA) is 37.8 Å². The van der Waals surface area contributed by atoms with Gasteiger partial charge in [0.15, 0.2) is 0 Å². The average Bonchev–Trinajstić information content (AvgIpc) is 2.49. The number of fused-ring (bicyclic) bond motifs is 1. The lowest BCUT2D eigenvalue weighted by Crippen LogP contribution is -2.18. The van der Waals surface area contributed by atoms with Crippen LogP contribution in [0.5, 0.6) is 0 Å². The van der Waals surface area contributed by atoms with E-state index < -0.39 is 0 Å². The van der Waals surface area contributed by atoms with E-state index in [1.807, 2.05) is 33.2 Å². The monoisotopic (exact) mass is 277 g/mol. The van der Waals surface area contributed by atoms with Crippen LogP contribution in [0.3, 0.4) is 0 Å². The van der Waals surface area contributed by atoms with Gasteiger partial charge in [0.2, 0.25) is 0 Å². The minimum Gasteiger partial charge on any atom is -0.309 e. The van der Waals surface area contributed by atoms with Crippen molar-refractivity contribution in [3.8, 4) is 0 Å². The first-order valence-electron chi connectivity index (χ1n) is 7.15. The molecule has 3 aromatic rings. The molecule has 106 valence electrons. The maximum absolute atomic E-state index is 4.62. The summed E-state index contributed by atoms with van der Waals surface area (Å²) in [7, 11) is 1.98. The molecule has 0 saturated heterocycles.